The second-order valence-corrected chi connectivity index (χ2v) is 9.32. The van der Waals surface area contributed by atoms with E-state index >= 15 is 0 Å². The Morgan fingerprint density at radius 1 is 0.706 bits per heavy atom. The van der Waals surface area contributed by atoms with Crippen LogP contribution >= 0.6 is 0 Å². The van der Waals surface area contributed by atoms with Crippen molar-refractivity contribution in [1.29, 1.82) is 0 Å². The van der Waals surface area contributed by atoms with Gasteiger partial charge in [0, 0.05) is 18.3 Å². The molecule has 192 valence electrons. The molecular weight excluding hydrogens is 418 g/mol. The summed E-state index contributed by atoms with van der Waals surface area (Å²) >= 11 is 0. The highest BCUT2D eigenvalue weighted by atomic mass is 16.5. The second kappa shape index (κ2) is 22.7. The highest BCUT2D eigenvalue weighted by Gasteiger charge is 1.96. The Morgan fingerprint density at radius 3 is 1.71 bits per heavy atom. The number of benzene rings is 1. The molecular formula is C31H51NO2. The van der Waals surface area contributed by atoms with Gasteiger partial charge in [-0.15, -0.1) is 0 Å². The minimum atomic E-state index is -0.305. The van der Waals surface area contributed by atoms with Crippen molar-refractivity contribution in [3.05, 3.63) is 48.1 Å². The molecule has 34 heavy (non-hydrogen) atoms. The molecule has 3 heteroatoms. The van der Waals surface area contributed by atoms with Crippen LogP contribution in [0.5, 0.6) is 0 Å². The molecule has 1 rings (SSSR count). The monoisotopic (exact) mass is 469 g/mol. The van der Waals surface area contributed by atoms with Crippen LogP contribution in [0.4, 0.5) is 5.69 Å². The zero-order valence-corrected chi connectivity index (χ0v) is 22.2. The molecule has 0 bridgehead atoms. The lowest BCUT2D eigenvalue weighted by atomic mass is 10.0. The maximum atomic E-state index is 11.2. The summed E-state index contributed by atoms with van der Waals surface area (Å²) in [6.45, 7) is 5.53. The Morgan fingerprint density at radius 2 is 1.21 bits per heavy atom. The molecule has 0 heterocycles. The van der Waals surface area contributed by atoms with Crippen LogP contribution in [0, 0.1) is 0 Å². The summed E-state index contributed by atoms with van der Waals surface area (Å²) in [7, 11) is 0. The van der Waals surface area contributed by atoms with Gasteiger partial charge in [-0.3, -0.25) is 0 Å². The van der Waals surface area contributed by atoms with E-state index in [0.29, 0.717) is 6.61 Å². The van der Waals surface area contributed by atoms with Crippen molar-refractivity contribution in [1.82, 2.24) is 0 Å². The number of allylic oxidation sites excluding steroid dienone is 2. The maximum Gasteiger partial charge on any atom is 0.330 e. The fraction of sp³-hybridized carbons (Fsp3) is 0.645. The molecule has 0 fully saturated rings. The maximum absolute atomic E-state index is 11.2. The first-order valence-corrected chi connectivity index (χ1v) is 14.1. The third-order valence-corrected chi connectivity index (χ3v) is 6.19. The van der Waals surface area contributed by atoms with Gasteiger partial charge in [0.05, 0.1) is 6.61 Å². The van der Waals surface area contributed by atoms with Crippen molar-refractivity contribution >= 4 is 17.7 Å². The van der Waals surface area contributed by atoms with Crippen LogP contribution in [0.15, 0.2) is 42.5 Å². The smallest absolute Gasteiger partial charge is 0.330 e. The molecule has 0 spiro atoms. The highest BCUT2D eigenvalue weighted by Crippen LogP contribution is 2.14. The van der Waals surface area contributed by atoms with Crippen LogP contribution in [-0.4, -0.2) is 19.1 Å². The Bertz CT molecular complexity index is 648. The largest absolute Gasteiger partial charge is 0.463 e. The normalized spacial score (nSPS) is 11.5. The third kappa shape index (κ3) is 18.4. The van der Waals surface area contributed by atoms with Gasteiger partial charge in [0.1, 0.15) is 0 Å². The van der Waals surface area contributed by atoms with E-state index < -0.39 is 0 Å². The topological polar surface area (TPSA) is 38.3 Å². The number of hydrogen-bond acceptors (Lipinski definition) is 3. The van der Waals surface area contributed by atoms with Gasteiger partial charge in [0.2, 0.25) is 0 Å². The highest BCUT2D eigenvalue weighted by molar-refractivity contribution is 5.82. The number of unbranched alkanes of at least 4 members (excludes halogenated alkanes) is 15. The number of carbonyl (C=O) groups is 1. The SMILES string of the molecule is CCCCCCCCCCCCCCCCCCNc1ccc(/C=C/C=C/C(=O)OCC)cc1. The van der Waals surface area contributed by atoms with E-state index in [2.05, 4.69) is 36.5 Å². The van der Waals surface area contributed by atoms with Crippen LogP contribution in [-0.2, 0) is 9.53 Å². The van der Waals surface area contributed by atoms with Gasteiger partial charge >= 0.3 is 5.97 Å². The summed E-state index contributed by atoms with van der Waals surface area (Å²) in [6.07, 6.45) is 29.5. The first-order valence-electron chi connectivity index (χ1n) is 14.1. The van der Waals surface area contributed by atoms with Crippen LogP contribution in [0.25, 0.3) is 6.08 Å². The van der Waals surface area contributed by atoms with Gasteiger partial charge in [-0.05, 0) is 31.0 Å². The Labute approximate surface area is 210 Å². The average molecular weight is 470 g/mol. The van der Waals surface area contributed by atoms with Crippen LogP contribution in [0.3, 0.4) is 0 Å². The molecule has 0 aliphatic rings. The predicted octanol–water partition coefficient (Wildman–Crippen LogP) is 9.49. The minimum Gasteiger partial charge on any atom is -0.463 e. The molecule has 0 amide bonds. The van der Waals surface area contributed by atoms with Crippen LogP contribution in [0.2, 0.25) is 0 Å². The van der Waals surface area contributed by atoms with Crippen molar-refractivity contribution in [2.45, 2.75) is 117 Å². The predicted molar refractivity (Wildman–Crippen MR) is 149 cm³/mol. The van der Waals surface area contributed by atoms with Gasteiger partial charge in [-0.2, -0.15) is 0 Å². The van der Waals surface area contributed by atoms with Crippen LogP contribution < -0.4 is 5.32 Å². The summed E-state index contributed by atoms with van der Waals surface area (Å²) in [6, 6.07) is 8.40. The molecule has 0 atom stereocenters. The average Bonchev–Trinajstić information content (AvgIpc) is 2.85. The summed E-state index contributed by atoms with van der Waals surface area (Å²) in [5.41, 5.74) is 2.28. The molecule has 0 saturated heterocycles. The van der Waals surface area contributed by atoms with Crippen molar-refractivity contribution in [2.24, 2.45) is 0 Å². The first kappa shape index (κ1) is 30.0. The van der Waals surface area contributed by atoms with E-state index in [1.54, 1.807) is 13.0 Å². The Kier molecular flexibility index (Phi) is 20.1. The quantitative estimate of drug-likeness (QED) is 0.0795. The summed E-state index contributed by atoms with van der Waals surface area (Å²) < 4.78 is 4.85. The third-order valence-electron chi connectivity index (χ3n) is 6.19. The number of nitrogens with one attached hydrogen (secondary N) is 1. The van der Waals surface area contributed by atoms with E-state index in [-0.39, 0.29) is 5.97 Å². The van der Waals surface area contributed by atoms with Gasteiger partial charge in [-0.1, -0.05) is 134 Å². The molecule has 0 unspecified atom stereocenters. The fourth-order valence-electron chi connectivity index (χ4n) is 4.11. The number of carbonyl (C=O) groups excluding carboxylic acids is 1. The molecule has 0 aromatic heterocycles. The van der Waals surface area contributed by atoms with Crippen molar-refractivity contribution in [3.8, 4) is 0 Å². The molecule has 0 saturated carbocycles. The van der Waals surface area contributed by atoms with E-state index in [9.17, 15) is 4.79 Å². The van der Waals surface area contributed by atoms with Crippen molar-refractivity contribution < 1.29 is 9.53 Å². The molecule has 1 N–H and O–H groups in total. The number of rotatable bonds is 22. The molecule has 0 aliphatic carbocycles. The number of esters is 1. The van der Waals surface area contributed by atoms with E-state index in [0.717, 1.165) is 12.1 Å². The molecule has 0 radical (unpaired) electrons. The van der Waals surface area contributed by atoms with Crippen molar-refractivity contribution in [3.63, 3.8) is 0 Å². The van der Waals surface area contributed by atoms with E-state index in [1.165, 1.54) is 114 Å². The first-order chi connectivity index (χ1) is 16.8. The lowest BCUT2D eigenvalue weighted by Gasteiger charge is -2.07. The Balaban J connectivity index is 1.92. The summed E-state index contributed by atoms with van der Waals surface area (Å²) in [4.78, 5) is 11.2. The Hall–Kier alpha value is -2.03. The zero-order chi connectivity index (χ0) is 24.5. The molecule has 3 nitrogen and oxygen atoms in total. The number of anilines is 1. The van der Waals surface area contributed by atoms with Crippen molar-refractivity contribution in [2.75, 3.05) is 18.5 Å². The standard InChI is InChI=1S/C31H51NO2/c1-3-5-6-7-8-9-10-11-12-13-14-15-16-17-18-21-28-32-30-26-24-29(25-27-30)22-19-20-23-31(33)34-4-2/h19-20,22-27,32H,3-18,21,28H2,1-2H3/b22-19+,23-20+. The second-order valence-electron chi connectivity index (χ2n) is 9.32. The summed E-state index contributed by atoms with van der Waals surface area (Å²) in [5.74, 6) is -0.305. The number of hydrogen-bond donors (Lipinski definition) is 1. The van der Waals surface area contributed by atoms with E-state index in [1.807, 2.05) is 12.2 Å². The van der Waals surface area contributed by atoms with Gasteiger partial charge in [-0.25, -0.2) is 4.79 Å². The lowest BCUT2D eigenvalue weighted by molar-refractivity contribution is -0.137. The van der Waals surface area contributed by atoms with Gasteiger partial charge in [0.25, 0.3) is 0 Å². The fourth-order valence-corrected chi connectivity index (χ4v) is 4.11. The zero-order valence-electron chi connectivity index (χ0n) is 22.2. The molecule has 1 aromatic carbocycles. The van der Waals surface area contributed by atoms with E-state index in [4.69, 9.17) is 4.74 Å². The molecule has 0 aliphatic heterocycles. The minimum absolute atomic E-state index is 0.305. The number of ether oxygens (including phenoxy) is 1. The van der Waals surface area contributed by atoms with Gasteiger partial charge in [0.15, 0.2) is 0 Å². The lowest BCUT2D eigenvalue weighted by Crippen LogP contribution is -2.01. The van der Waals surface area contributed by atoms with Gasteiger partial charge < -0.3 is 10.1 Å². The van der Waals surface area contributed by atoms with Crippen LogP contribution in [0.1, 0.15) is 122 Å². The molecule has 1 aromatic rings. The summed E-state index contributed by atoms with van der Waals surface area (Å²) in [5, 5.41) is 3.52.